The molecule has 1 amide bonds. The highest BCUT2D eigenvalue weighted by Gasteiger charge is 2.20. The highest BCUT2D eigenvalue weighted by atomic mass is 16.1. The van der Waals surface area contributed by atoms with Gasteiger partial charge in [0.25, 0.3) is 0 Å². The third kappa shape index (κ3) is 4.91. The predicted molar refractivity (Wildman–Crippen MR) is 50.7 cm³/mol. The number of nitrogens with two attached hydrogens (primary N) is 1. The van der Waals surface area contributed by atoms with Crippen LogP contribution in [-0.4, -0.2) is 17.5 Å². The Kier molecular flexibility index (Phi) is 3.96. The van der Waals surface area contributed by atoms with Crippen molar-refractivity contribution in [2.24, 2.45) is 5.73 Å². The van der Waals surface area contributed by atoms with Crippen molar-refractivity contribution in [2.45, 2.75) is 38.8 Å². The van der Waals surface area contributed by atoms with Crippen LogP contribution in [0.4, 0.5) is 0 Å². The largest absolute Gasteiger partial charge is 0.370 e. The molecule has 70 valence electrons. The van der Waals surface area contributed by atoms with Gasteiger partial charge in [-0.1, -0.05) is 6.08 Å². The molecule has 0 spiro atoms. The van der Waals surface area contributed by atoms with Gasteiger partial charge < -0.3 is 11.1 Å². The summed E-state index contributed by atoms with van der Waals surface area (Å²) in [6, 6.07) is 0.194. The zero-order valence-electron chi connectivity index (χ0n) is 8.05. The molecule has 0 saturated carbocycles. The molecule has 0 fully saturated rings. The molecule has 3 heteroatoms. The van der Waals surface area contributed by atoms with Crippen LogP contribution in [0.3, 0.4) is 0 Å². The maximum atomic E-state index is 10.6. The summed E-state index contributed by atoms with van der Waals surface area (Å²) in [4.78, 5) is 10.6. The van der Waals surface area contributed by atoms with E-state index in [0.717, 1.165) is 0 Å². The highest BCUT2D eigenvalue weighted by molar-refractivity contribution is 5.75. The second-order valence-corrected chi connectivity index (χ2v) is 3.70. The lowest BCUT2D eigenvalue weighted by Crippen LogP contribution is -2.46. The van der Waals surface area contributed by atoms with Gasteiger partial charge in [0.2, 0.25) is 5.91 Å². The summed E-state index contributed by atoms with van der Waals surface area (Å²) in [5, 5.41) is 3.22. The van der Waals surface area contributed by atoms with E-state index >= 15 is 0 Å². The van der Waals surface area contributed by atoms with Crippen LogP contribution in [0, 0.1) is 0 Å². The van der Waals surface area contributed by atoms with E-state index in [0.29, 0.717) is 6.42 Å². The molecule has 0 radical (unpaired) electrons. The van der Waals surface area contributed by atoms with Crippen LogP contribution in [0.1, 0.15) is 27.2 Å². The second kappa shape index (κ2) is 4.26. The Morgan fingerprint density at radius 3 is 2.58 bits per heavy atom. The summed E-state index contributed by atoms with van der Waals surface area (Å²) in [6.07, 6.45) is 2.13. The lowest BCUT2D eigenvalue weighted by molar-refractivity contribution is -0.119. The molecule has 0 aromatic rings. The van der Waals surface area contributed by atoms with Gasteiger partial charge in [-0.15, -0.1) is 6.58 Å². The Hall–Kier alpha value is -0.830. The Bertz CT molecular complexity index is 175. The van der Waals surface area contributed by atoms with Crippen molar-refractivity contribution < 1.29 is 4.79 Å². The number of primary amides is 1. The van der Waals surface area contributed by atoms with Crippen molar-refractivity contribution in [1.82, 2.24) is 5.32 Å². The molecule has 0 rings (SSSR count). The van der Waals surface area contributed by atoms with Crippen LogP contribution in [0.25, 0.3) is 0 Å². The van der Waals surface area contributed by atoms with Crippen molar-refractivity contribution in [1.29, 1.82) is 0 Å². The number of nitrogens with one attached hydrogen (secondary N) is 1. The normalized spacial score (nSPS) is 13.9. The molecule has 0 aliphatic heterocycles. The van der Waals surface area contributed by atoms with E-state index < -0.39 is 0 Å². The molecule has 0 heterocycles. The fourth-order valence-electron chi connectivity index (χ4n) is 1.16. The summed E-state index contributed by atoms with van der Waals surface area (Å²) < 4.78 is 0. The zero-order valence-corrected chi connectivity index (χ0v) is 8.05. The van der Waals surface area contributed by atoms with Gasteiger partial charge in [-0.25, -0.2) is 0 Å². The van der Waals surface area contributed by atoms with E-state index in [-0.39, 0.29) is 17.5 Å². The minimum Gasteiger partial charge on any atom is -0.370 e. The van der Waals surface area contributed by atoms with Gasteiger partial charge in [0.1, 0.15) is 0 Å². The van der Waals surface area contributed by atoms with Gasteiger partial charge in [-0.2, -0.15) is 0 Å². The maximum absolute atomic E-state index is 10.6. The van der Waals surface area contributed by atoms with Gasteiger partial charge in [-0.3, -0.25) is 4.79 Å². The predicted octanol–water partition coefficient (Wildman–Crippen LogP) is 0.804. The zero-order chi connectivity index (χ0) is 9.78. The first-order valence-electron chi connectivity index (χ1n) is 4.06. The van der Waals surface area contributed by atoms with Crippen LogP contribution in [0.15, 0.2) is 12.7 Å². The molecule has 3 nitrogen and oxygen atoms in total. The average Bonchev–Trinajstić information content (AvgIpc) is 1.83. The van der Waals surface area contributed by atoms with Crippen molar-refractivity contribution in [3.05, 3.63) is 12.7 Å². The topological polar surface area (TPSA) is 55.1 Å². The summed E-state index contributed by atoms with van der Waals surface area (Å²) in [5.74, 6) is -0.288. The monoisotopic (exact) mass is 170 g/mol. The van der Waals surface area contributed by atoms with Crippen LogP contribution in [0.5, 0.6) is 0 Å². The first-order valence-corrected chi connectivity index (χ1v) is 4.06. The fourth-order valence-corrected chi connectivity index (χ4v) is 1.16. The van der Waals surface area contributed by atoms with Crippen LogP contribution >= 0.6 is 0 Å². The highest BCUT2D eigenvalue weighted by Crippen LogP contribution is 2.08. The van der Waals surface area contributed by atoms with Crippen molar-refractivity contribution in [3.8, 4) is 0 Å². The van der Waals surface area contributed by atoms with Gasteiger partial charge >= 0.3 is 0 Å². The van der Waals surface area contributed by atoms with Crippen LogP contribution in [0.2, 0.25) is 0 Å². The molecule has 0 bridgehead atoms. The molecular weight excluding hydrogens is 152 g/mol. The quantitative estimate of drug-likeness (QED) is 0.600. The van der Waals surface area contributed by atoms with E-state index in [9.17, 15) is 4.79 Å². The molecule has 0 saturated heterocycles. The average molecular weight is 170 g/mol. The van der Waals surface area contributed by atoms with Crippen molar-refractivity contribution in [2.75, 3.05) is 0 Å². The molecule has 0 aliphatic carbocycles. The lowest BCUT2D eigenvalue weighted by atomic mass is 9.99. The Balaban J connectivity index is 4.02. The minimum atomic E-state index is -0.288. The Morgan fingerprint density at radius 2 is 2.25 bits per heavy atom. The second-order valence-electron chi connectivity index (χ2n) is 3.70. The van der Waals surface area contributed by atoms with Crippen LogP contribution < -0.4 is 11.1 Å². The summed E-state index contributed by atoms with van der Waals surface area (Å²) in [7, 11) is 0. The summed E-state index contributed by atoms with van der Waals surface area (Å²) in [5.41, 5.74) is 4.84. The number of carbonyl (C=O) groups is 1. The van der Waals surface area contributed by atoms with Gasteiger partial charge in [0.15, 0.2) is 0 Å². The van der Waals surface area contributed by atoms with E-state index in [1.165, 1.54) is 0 Å². The van der Waals surface area contributed by atoms with E-state index in [4.69, 9.17) is 5.73 Å². The first-order chi connectivity index (χ1) is 5.37. The number of hydrogen-bond acceptors (Lipinski definition) is 2. The molecular formula is C9H18N2O. The molecule has 3 N–H and O–H groups in total. The summed E-state index contributed by atoms with van der Waals surface area (Å²) >= 11 is 0. The molecule has 1 atom stereocenters. The van der Waals surface area contributed by atoms with E-state index in [1.54, 1.807) is 6.08 Å². The SMILES string of the molecule is C=CC(C)NC(C)(C)CC(N)=O. The van der Waals surface area contributed by atoms with Crippen LogP contribution in [-0.2, 0) is 4.79 Å². The third-order valence-corrected chi connectivity index (χ3v) is 1.59. The molecule has 0 aromatic carbocycles. The fraction of sp³-hybridized carbons (Fsp3) is 0.667. The maximum Gasteiger partial charge on any atom is 0.219 e. The number of amides is 1. The van der Waals surface area contributed by atoms with Crippen molar-refractivity contribution in [3.63, 3.8) is 0 Å². The standard InChI is InChI=1S/C9H18N2O/c1-5-7(2)11-9(3,4)6-8(10)12/h5,7,11H,1,6H2,2-4H3,(H2,10,12). The molecule has 0 aromatic heterocycles. The van der Waals surface area contributed by atoms with Gasteiger partial charge in [0.05, 0.1) is 0 Å². The summed E-state index contributed by atoms with van der Waals surface area (Å²) in [6.45, 7) is 9.51. The van der Waals surface area contributed by atoms with E-state index in [1.807, 2.05) is 20.8 Å². The van der Waals surface area contributed by atoms with Gasteiger partial charge in [0, 0.05) is 18.0 Å². The third-order valence-electron chi connectivity index (χ3n) is 1.59. The number of rotatable bonds is 5. The minimum absolute atomic E-state index is 0.194. The van der Waals surface area contributed by atoms with Gasteiger partial charge in [-0.05, 0) is 20.8 Å². The molecule has 1 unspecified atom stereocenters. The Labute approximate surface area is 74.0 Å². The number of hydrogen-bond donors (Lipinski definition) is 2. The van der Waals surface area contributed by atoms with E-state index in [2.05, 4.69) is 11.9 Å². The van der Waals surface area contributed by atoms with Crippen molar-refractivity contribution >= 4 is 5.91 Å². The smallest absolute Gasteiger partial charge is 0.219 e. The molecule has 0 aliphatic rings. The Morgan fingerprint density at radius 1 is 1.75 bits per heavy atom. The molecule has 12 heavy (non-hydrogen) atoms. The lowest BCUT2D eigenvalue weighted by Gasteiger charge is -2.27. The number of carbonyl (C=O) groups excluding carboxylic acids is 1. The first kappa shape index (κ1) is 11.2.